The van der Waals surface area contributed by atoms with Crippen molar-refractivity contribution in [3.63, 3.8) is 0 Å². The van der Waals surface area contributed by atoms with Gasteiger partial charge >= 0.3 is 0 Å². The average Bonchev–Trinajstić information content (AvgIpc) is 3.24. The van der Waals surface area contributed by atoms with E-state index >= 15 is 0 Å². The first-order valence-corrected chi connectivity index (χ1v) is 11.8. The van der Waals surface area contributed by atoms with Crippen molar-refractivity contribution in [2.75, 3.05) is 36.1 Å². The molecule has 3 aromatic rings. The molecule has 10 heteroatoms. The van der Waals surface area contributed by atoms with Crippen LogP contribution in [0.15, 0.2) is 36.7 Å². The summed E-state index contributed by atoms with van der Waals surface area (Å²) in [7, 11) is 1.97. The Morgan fingerprint density at radius 2 is 2.11 bits per heavy atom. The zero-order valence-corrected chi connectivity index (χ0v) is 20.4. The first-order valence-electron chi connectivity index (χ1n) is 11.8. The predicted octanol–water partition coefficient (Wildman–Crippen LogP) is 3.07. The summed E-state index contributed by atoms with van der Waals surface area (Å²) in [6, 6.07) is 8.36. The van der Waals surface area contributed by atoms with Gasteiger partial charge in [-0.05, 0) is 63.7 Å². The second-order valence-corrected chi connectivity index (χ2v) is 9.60. The highest BCUT2D eigenvalue weighted by molar-refractivity contribution is 6.03. The lowest BCUT2D eigenvalue weighted by Gasteiger charge is -2.40. The zero-order valence-electron chi connectivity index (χ0n) is 20.4. The summed E-state index contributed by atoms with van der Waals surface area (Å²) in [4.78, 5) is 31.0. The summed E-state index contributed by atoms with van der Waals surface area (Å²) >= 11 is 0. The van der Waals surface area contributed by atoms with Gasteiger partial charge in [0.05, 0.1) is 41.8 Å². The third-order valence-electron chi connectivity index (χ3n) is 7.00. The number of pyridine rings is 1. The van der Waals surface area contributed by atoms with Crippen LogP contribution < -0.4 is 16.0 Å². The summed E-state index contributed by atoms with van der Waals surface area (Å²) < 4.78 is 14.9. The lowest BCUT2D eigenvalue weighted by Crippen LogP contribution is -2.53. The van der Waals surface area contributed by atoms with Crippen LogP contribution in [0.4, 0.5) is 21.6 Å². The SMILES string of the molecule is Cc1nc(N[C@H](C)c2cc(N)cc(C#N)c2)c2c(n1)C1(CCN(C)C1)C(=O)N(c1cnccc1F)C2. The van der Waals surface area contributed by atoms with Crippen molar-refractivity contribution in [2.45, 2.75) is 38.3 Å². The predicted molar refractivity (Wildman–Crippen MR) is 134 cm³/mol. The second-order valence-electron chi connectivity index (χ2n) is 9.60. The molecular weight excluding hydrogens is 459 g/mol. The van der Waals surface area contributed by atoms with Gasteiger partial charge in [-0.15, -0.1) is 0 Å². The maximum atomic E-state index is 14.9. The number of benzene rings is 1. The lowest BCUT2D eigenvalue weighted by atomic mass is 9.76. The van der Waals surface area contributed by atoms with E-state index in [4.69, 9.17) is 10.7 Å². The molecule has 9 nitrogen and oxygen atoms in total. The Balaban J connectivity index is 1.63. The molecule has 0 bridgehead atoms. The number of aromatic nitrogens is 3. The summed E-state index contributed by atoms with van der Waals surface area (Å²) in [6.45, 7) is 5.05. The monoisotopic (exact) mass is 486 g/mol. The van der Waals surface area contributed by atoms with E-state index in [1.165, 1.54) is 23.4 Å². The molecule has 0 radical (unpaired) electrons. The van der Waals surface area contributed by atoms with Gasteiger partial charge in [-0.25, -0.2) is 14.4 Å². The standard InChI is InChI=1S/C26H27FN8O/c1-15(18-8-17(11-28)9-19(29)10-18)31-24-20-13-35(22-12-30-6-4-21(22)27)25(36)26(5-7-34(3)14-26)23(20)32-16(2)33-24/h4,6,8-10,12,15H,5,7,13-14,29H2,1-3H3,(H,31,32,33)/t15-,26?/m1/s1. The molecule has 36 heavy (non-hydrogen) atoms. The molecule has 1 saturated heterocycles. The molecule has 2 aliphatic heterocycles. The number of nitrogens with one attached hydrogen (secondary N) is 1. The van der Waals surface area contributed by atoms with E-state index in [0.29, 0.717) is 41.6 Å². The molecule has 184 valence electrons. The van der Waals surface area contributed by atoms with Gasteiger partial charge < -0.3 is 20.9 Å². The van der Waals surface area contributed by atoms with Crippen LogP contribution in [0, 0.1) is 24.1 Å². The molecule has 1 aromatic carbocycles. The maximum Gasteiger partial charge on any atom is 0.241 e. The van der Waals surface area contributed by atoms with E-state index in [1.807, 2.05) is 20.0 Å². The minimum absolute atomic E-state index is 0.109. The number of aryl methyl sites for hydroxylation is 1. The molecule has 2 aliphatic rings. The van der Waals surface area contributed by atoms with Crippen LogP contribution in [0.25, 0.3) is 0 Å². The smallest absolute Gasteiger partial charge is 0.241 e. The molecule has 1 spiro atoms. The molecule has 1 unspecified atom stereocenters. The van der Waals surface area contributed by atoms with E-state index in [2.05, 4.69) is 26.3 Å². The molecule has 0 aliphatic carbocycles. The number of nitrogen functional groups attached to an aromatic ring is 1. The first kappa shape index (κ1) is 23.6. The summed E-state index contributed by atoms with van der Waals surface area (Å²) in [5.41, 5.74) is 8.45. The van der Waals surface area contributed by atoms with Crippen molar-refractivity contribution < 1.29 is 9.18 Å². The third-order valence-corrected chi connectivity index (χ3v) is 7.00. The Morgan fingerprint density at radius 1 is 1.31 bits per heavy atom. The number of hydrogen-bond acceptors (Lipinski definition) is 8. The Labute approximate surface area is 208 Å². The summed E-state index contributed by atoms with van der Waals surface area (Å²) in [6.07, 6.45) is 3.31. The fourth-order valence-corrected chi connectivity index (χ4v) is 5.26. The Hall–Kier alpha value is -4.10. The number of likely N-dealkylation sites (tertiary alicyclic amines) is 1. The Morgan fingerprint density at radius 3 is 2.81 bits per heavy atom. The number of rotatable bonds is 4. The van der Waals surface area contributed by atoms with Crippen molar-refractivity contribution in [2.24, 2.45) is 0 Å². The molecule has 0 saturated carbocycles. The number of anilines is 3. The largest absolute Gasteiger partial charge is 0.399 e. The number of carbonyl (C=O) groups is 1. The van der Waals surface area contributed by atoms with Crippen molar-refractivity contribution in [3.8, 4) is 6.07 Å². The Kier molecular flexibility index (Phi) is 5.80. The van der Waals surface area contributed by atoms with Gasteiger partial charge in [0.1, 0.15) is 22.9 Å². The number of nitrogens with two attached hydrogens (primary N) is 1. The lowest BCUT2D eigenvalue weighted by molar-refractivity contribution is -0.124. The average molecular weight is 487 g/mol. The molecule has 2 atom stereocenters. The van der Waals surface area contributed by atoms with Gasteiger partial charge in [0, 0.05) is 24.0 Å². The number of fused-ring (bicyclic) bond motifs is 2. The van der Waals surface area contributed by atoms with Crippen molar-refractivity contribution in [3.05, 3.63) is 70.7 Å². The molecular formula is C26H27FN8O. The normalized spacial score (nSPS) is 20.3. The van der Waals surface area contributed by atoms with E-state index in [1.54, 1.807) is 19.1 Å². The molecule has 2 aromatic heterocycles. The van der Waals surface area contributed by atoms with Gasteiger partial charge in [-0.3, -0.25) is 9.78 Å². The minimum atomic E-state index is -0.914. The van der Waals surface area contributed by atoms with Crippen molar-refractivity contribution >= 4 is 23.1 Å². The maximum absolute atomic E-state index is 14.9. The van der Waals surface area contributed by atoms with E-state index in [0.717, 1.165) is 17.7 Å². The minimum Gasteiger partial charge on any atom is -0.399 e. The number of hydrogen-bond donors (Lipinski definition) is 2. The van der Waals surface area contributed by atoms with Crippen LogP contribution in [-0.4, -0.2) is 45.9 Å². The molecule has 1 fully saturated rings. The second kappa shape index (κ2) is 8.84. The molecule has 1 amide bonds. The molecule has 4 heterocycles. The van der Waals surface area contributed by atoms with Crippen LogP contribution in [0.3, 0.4) is 0 Å². The van der Waals surface area contributed by atoms with Crippen LogP contribution in [0.2, 0.25) is 0 Å². The number of carbonyl (C=O) groups excluding carboxylic acids is 1. The van der Waals surface area contributed by atoms with Gasteiger partial charge in [0.15, 0.2) is 0 Å². The van der Waals surface area contributed by atoms with Crippen molar-refractivity contribution in [1.29, 1.82) is 5.26 Å². The fraction of sp³-hybridized carbons (Fsp3) is 0.346. The van der Waals surface area contributed by atoms with Crippen LogP contribution in [-0.2, 0) is 16.8 Å². The summed E-state index contributed by atoms with van der Waals surface area (Å²) in [5.74, 6) is 0.416. The number of nitrogens with zero attached hydrogens (tertiary/aromatic N) is 6. The Bertz CT molecular complexity index is 1400. The highest BCUT2D eigenvalue weighted by Gasteiger charge is 2.53. The first-order chi connectivity index (χ1) is 17.2. The molecule has 5 rings (SSSR count). The molecule has 3 N–H and O–H groups in total. The number of amides is 1. The highest BCUT2D eigenvalue weighted by atomic mass is 19.1. The van der Waals surface area contributed by atoms with Crippen LogP contribution in [0.1, 0.15) is 47.6 Å². The van der Waals surface area contributed by atoms with Crippen LogP contribution in [0.5, 0.6) is 0 Å². The highest BCUT2D eigenvalue weighted by Crippen LogP contribution is 2.44. The quantitative estimate of drug-likeness (QED) is 0.539. The third kappa shape index (κ3) is 3.91. The van der Waals surface area contributed by atoms with E-state index in [-0.39, 0.29) is 24.2 Å². The van der Waals surface area contributed by atoms with Crippen LogP contribution >= 0.6 is 0 Å². The van der Waals surface area contributed by atoms with Gasteiger partial charge in [-0.1, -0.05) is 0 Å². The van der Waals surface area contributed by atoms with Gasteiger partial charge in [0.25, 0.3) is 0 Å². The number of likely N-dealkylation sites (N-methyl/N-ethyl adjacent to an activating group) is 1. The van der Waals surface area contributed by atoms with E-state index < -0.39 is 11.2 Å². The van der Waals surface area contributed by atoms with Gasteiger partial charge in [-0.2, -0.15) is 5.26 Å². The fourth-order valence-electron chi connectivity index (χ4n) is 5.26. The van der Waals surface area contributed by atoms with Gasteiger partial charge in [0.2, 0.25) is 5.91 Å². The van der Waals surface area contributed by atoms with Crippen molar-refractivity contribution in [1.82, 2.24) is 19.9 Å². The summed E-state index contributed by atoms with van der Waals surface area (Å²) in [5, 5.41) is 12.8. The number of halogens is 1. The van der Waals surface area contributed by atoms with E-state index in [9.17, 15) is 14.4 Å². The number of nitriles is 1. The zero-order chi connectivity index (χ0) is 25.6. The topological polar surface area (TPSA) is 124 Å².